The third-order valence-electron chi connectivity index (χ3n) is 3.95. The van der Waals surface area contributed by atoms with Gasteiger partial charge in [0.25, 0.3) is 0 Å². The van der Waals surface area contributed by atoms with Gasteiger partial charge in [-0.05, 0) is 59.0 Å². The highest BCUT2D eigenvalue weighted by atomic mass is 16.2. The molecule has 1 saturated heterocycles. The topological polar surface area (TPSA) is 58.4 Å². The predicted octanol–water partition coefficient (Wildman–Crippen LogP) is 1.49. The summed E-state index contributed by atoms with van der Waals surface area (Å²) in [6.45, 7) is 8.58. The minimum atomic E-state index is -0.0937. The molecule has 0 bridgehead atoms. The van der Waals surface area contributed by atoms with E-state index in [1.165, 1.54) is 12.8 Å². The SMILES string of the molecule is CCC(C)(C)NC(=O)CN1CCCC1CCCN. The van der Waals surface area contributed by atoms with E-state index in [2.05, 4.69) is 31.0 Å². The van der Waals surface area contributed by atoms with Crippen LogP contribution in [-0.4, -0.2) is 42.0 Å². The average Bonchev–Trinajstić information content (AvgIpc) is 2.73. The zero-order valence-electron chi connectivity index (χ0n) is 12.2. The Bertz CT molecular complexity index is 266. The van der Waals surface area contributed by atoms with Gasteiger partial charge in [0.05, 0.1) is 6.54 Å². The maximum atomic E-state index is 12.0. The summed E-state index contributed by atoms with van der Waals surface area (Å²) in [5.41, 5.74) is 5.46. The Kier molecular flexibility index (Phi) is 6.09. The van der Waals surface area contributed by atoms with Crippen LogP contribution >= 0.6 is 0 Å². The number of carbonyl (C=O) groups excluding carboxylic acids is 1. The average molecular weight is 255 g/mol. The first-order valence-corrected chi connectivity index (χ1v) is 7.23. The maximum absolute atomic E-state index is 12.0. The zero-order chi connectivity index (χ0) is 13.6. The lowest BCUT2D eigenvalue weighted by molar-refractivity contribution is -0.124. The van der Waals surface area contributed by atoms with Crippen LogP contribution in [-0.2, 0) is 4.79 Å². The molecule has 4 nitrogen and oxygen atoms in total. The molecule has 106 valence electrons. The van der Waals surface area contributed by atoms with E-state index in [1.807, 2.05) is 0 Å². The van der Waals surface area contributed by atoms with E-state index in [0.717, 1.165) is 32.4 Å². The van der Waals surface area contributed by atoms with Crippen molar-refractivity contribution in [2.24, 2.45) is 5.73 Å². The van der Waals surface area contributed by atoms with Gasteiger partial charge < -0.3 is 11.1 Å². The van der Waals surface area contributed by atoms with E-state index >= 15 is 0 Å². The third kappa shape index (κ3) is 4.94. The fraction of sp³-hybridized carbons (Fsp3) is 0.929. The molecule has 1 atom stereocenters. The van der Waals surface area contributed by atoms with E-state index in [1.54, 1.807) is 0 Å². The summed E-state index contributed by atoms with van der Waals surface area (Å²) in [4.78, 5) is 14.3. The van der Waals surface area contributed by atoms with Crippen molar-refractivity contribution >= 4 is 5.91 Å². The number of carbonyl (C=O) groups is 1. The van der Waals surface area contributed by atoms with E-state index in [9.17, 15) is 4.79 Å². The Labute approximate surface area is 111 Å². The van der Waals surface area contributed by atoms with Crippen molar-refractivity contribution in [3.05, 3.63) is 0 Å². The lowest BCUT2D eigenvalue weighted by atomic mass is 10.0. The monoisotopic (exact) mass is 255 g/mol. The number of rotatable bonds is 7. The number of hydrogen-bond acceptors (Lipinski definition) is 3. The van der Waals surface area contributed by atoms with Gasteiger partial charge in [0.1, 0.15) is 0 Å². The molecule has 0 saturated carbocycles. The summed E-state index contributed by atoms with van der Waals surface area (Å²) in [6, 6.07) is 0.559. The predicted molar refractivity (Wildman–Crippen MR) is 75.4 cm³/mol. The second kappa shape index (κ2) is 7.10. The van der Waals surface area contributed by atoms with Crippen molar-refractivity contribution in [3.63, 3.8) is 0 Å². The molecule has 1 aliphatic heterocycles. The van der Waals surface area contributed by atoms with Crippen LogP contribution in [0.15, 0.2) is 0 Å². The standard InChI is InChI=1S/C14H29N3O/c1-4-14(2,3)16-13(18)11-17-10-6-8-12(17)7-5-9-15/h12H,4-11,15H2,1-3H3,(H,16,18). The normalized spacial score (nSPS) is 21.2. The highest BCUT2D eigenvalue weighted by Gasteiger charge is 2.27. The lowest BCUT2D eigenvalue weighted by Crippen LogP contribution is -2.48. The van der Waals surface area contributed by atoms with Gasteiger partial charge in [-0.15, -0.1) is 0 Å². The summed E-state index contributed by atoms with van der Waals surface area (Å²) >= 11 is 0. The minimum absolute atomic E-state index is 0.0937. The van der Waals surface area contributed by atoms with Crippen LogP contribution in [0.5, 0.6) is 0 Å². The fourth-order valence-corrected chi connectivity index (χ4v) is 2.47. The molecule has 0 aromatic heterocycles. The third-order valence-corrected chi connectivity index (χ3v) is 3.95. The number of amides is 1. The molecule has 18 heavy (non-hydrogen) atoms. The molecule has 1 aliphatic rings. The van der Waals surface area contributed by atoms with Crippen LogP contribution in [0.2, 0.25) is 0 Å². The number of nitrogens with two attached hydrogens (primary N) is 1. The highest BCUT2D eigenvalue weighted by molar-refractivity contribution is 5.78. The Morgan fingerprint density at radius 2 is 2.22 bits per heavy atom. The molecule has 1 heterocycles. The molecule has 0 radical (unpaired) electrons. The highest BCUT2D eigenvalue weighted by Crippen LogP contribution is 2.20. The van der Waals surface area contributed by atoms with E-state index < -0.39 is 0 Å². The number of hydrogen-bond donors (Lipinski definition) is 2. The van der Waals surface area contributed by atoms with Crippen molar-refractivity contribution in [3.8, 4) is 0 Å². The molecule has 1 amide bonds. The van der Waals surface area contributed by atoms with Crippen molar-refractivity contribution in [2.45, 2.75) is 64.5 Å². The molecular weight excluding hydrogens is 226 g/mol. The van der Waals surface area contributed by atoms with Gasteiger partial charge in [-0.2, -0.15) is 0 Å². The van der Waals surface area contributed by atoms with Crippen LogP contribution in [0.1, 0.15) is 52.9 Å². The summed E-state index contributed by atoms with van der Waals surface area (Å²) in [7, 11) is 0. The smallest absolute Gasteiger partial charge is 0.234 e. The van der Waals surface area contributed by atoms with Crippen molar-refractivity contribution in [1.29, 1.82) is 0 Å². The van der Waals surface area contributed by atoms with Crippen molar-refractivity contribution < 1.29 is 4.79 Å². The van der Waals surface area contributed by atoms with Gasteiger partial charge in [-0.1, -0.05) is 6.92 Å². The molecule has 0 aromatic rings. The van der Waals surface area contributed by atoms with E-state index in [-0.39, 0.29) is 11.4 Å². The quantitative estimate of drug-likeness (QED) is 0.725. The summed E-state index contributed by atoms with van der Waals surface area (Å²) < 4.78 is 0. The second-order valence-corrected chi connectivity index (χ2v) is 5.98. The van der Waals surface area contributed by atoms with Crippen LogP contribution in [0.25, 0.3) is 0 Å². The molecule has 0 spiro atoms. The minimum Gasteiger partial charge on any atom is -0.350 e. The van der Waals surface area contributed by atoms with Crippen LogP contribution in [0, 0.1) is 0 Å². The van der Waals surface area contributed by atoms with E-state index in [0.29, 0.717) is 12.6 Å². The fourth-order valence-electron chi connectivity index (χ4n) is 2.47. The van der Waals surface area contributed by atoms with Crippen LogP contribution < -0.4 is 11.1 Å². The van der Waals surface area contributed by atoms with E-state index in [4.69, 9.17) is 5.73 Å². The molecule has 1 unspecified atom stereocenters. The van der Waals surface area contributed by atoms with Crippen molar-refractivity contribution in [1.82, 2.24) is 10.2 Å². The summed E-state index contributed by atoms with van der Waals surface area (Å²) in [5, 5.41) is 3.10. The number of nitrogens with zero attached hydrogens (tertiary/aromatic N) is 1. The number of nitrogens with one attached hydrogen (secondary N) is 1. The molecule has 1 rings (SSSR count). The van der Waals surface area contributed by atoms with Crippen LogP contribution in [0.3, 0.4) is 0 Å². The van der Waals surface area contributed by atoms with Gasteiger partial charge in [-0.25, -0.2) is 0 Å². The second-order valence-electron chi connectivity index (χ2n) is 5.98. The molecule has 0 aromatic carbocycles. The largest absolute Gasteiger partial charge is 0.350 e. The lowest BCUT2D eigenvalue weighted by Gasteiger charge is -2.28. The molecule has 0 aliphatic carbocycles. The Balaban J connectivity index is 2.38. The van der Waals surface area contributed by atoms with Gasteiger partial charge in [0.2, 0.25) is 5.91 Å². The first kappa shape index (κ1) is 15.4. The van der Waals surface area contributed by atoms with Crippen molar-refractivity contribution in [2.75, 3.05) is 19.6 Å². The van der Waals surface area contributed by atoms with Gasteiger partial charge in [0.15, 0.2) is 0 Å². The zero-order valence-corrected chi connectivity index (χ0v) is 12.2. The van der Waals surface area contributed by atoms with Crippen LogP contribution in [0.4, 0.5) is 0 Å². The first-order chi connectivity index (χ1) is 8.48. The van der Waals surface area contributed by atoms with Gasteiger partial charge in [-0.3, -0.25) is 9.69 Å². The molecular formula is C14H29N3O. The first-order valence-electron chi connectivity index (χ1n) is 7.23. The Hall–Kier alpha value is -0.610. The van der Waals surface area contributed by atoms with Gasteiger partial charge >= 0.3 is 0 Å². The molecule has 4 heteroatoms. The summed E-state index contributed by atoms with van der Waals surface area (Å²) in [6.07, 6.45) is 5.56. The molecule has 3 N–H and O–H groups in total. The maximum Gasteiger partial charge on any atom is 0.234 e. The molecule has 1 fully saturated rings. The summed E-state index contributed by atoms with van der Waals surface area (Å²) in [5.74, 6) is 0.154. The Morgan fingerprint density at radius 1 is 1.50 bits per heavy atom. The number of likely N-dealkylation sites (tertiary alicyclic amines) is 1. The van der Waals surface area contributed by atoms with Gasteiger partial charge in [0, 0.05) is 11.6 Å². The Morgan fingerprint density at radius 3 is 2.83 bits per heavy atom.